The van der Waals surface area contributed by atoms with Gasteiger partial charge in [0.05, 0.1) is 5.71 Å². The number of aromatic hydroxyl groups is 1. The third-order valence-electron chi connectivity index (χ3n) is 1.69. The fourth-order valence-corrected chi connectivity index (χ4v) is 1.00. The second-order valence-corrected chi connectivity index (χ2v) is 2.71. The van der Waals surface area contributed by atoms with Crippen LogP contribution in [0.1, 0.15) is 18.1 Å². The molecule has 3 heteroatoms. The number of rotatable bonds is 1. The van der Waals surface area contributed by atoms with Crippen molar-refractivity contribution in [3.8, 4) is 5.75 Å². The maximum atomic E-state index is 9.40. The van der Waals surface area contributed by atoms with Crippen molar-refractivity contribution in [3.63, 3.8) is 0 Å². The summed E-state index contributed by atoms with van der Waals surface area (Å²) in [4.78, 5) is 0. The van der Waals surface area contributed by atoms with Crippen molar-refractivity contribution < 1.29 is 10.3 Å². The Morgan fingerprint density at radius 1 is 1.42 bits per heavy atom. The van der Waals surface area contributed by atoms with Crippen molar-refractivity contribution in [2.75, 3.05) is 0 Å². The first-order chi connectivity index (χ1) is 5.65. The molecule has 1 rings (SSSR count). The third kappa shape index (κ3) is 1.56. The first-order valence-corrected chi connectivity index (χ1v) is 3.64. The fourth-order valence-electron chi connectivity index (χ4n) is 1.00. The van der Waals surface area contributed by atoms with E-state index in [9.17, 15) is 5.11 Å². The van der Waals surface area contributed by atoms with Gasteiger partial charge < -0.3 is 10.3 Å². The molecule has 0 spiro atoms. The van der Waals surface area contributed by atoms with Gasteiger partial charge in [0, 0.05) is 5.56 Å². The monoisotopic (exact) mass is 165 g/mol. The van der Waals surface area contributed by atoms with Crippen LogP contribution < -0.4 is 0 Å². The molecule has 0 atom stereocenters. The van der Waals surface area contributed by atoms with Crippen molar-refractivity contribution in [1.82, 2.24) is 0 Å². The Kier molecular flexibility index (Phi) is 2.33. The first-order valence-electron chi connectivity index (χ1n) is 3.64. The van der Waals surface area contributed by atoms with Gasteiger partial charge in [-0.05, 0) is 31.5 Å². The number of oxime groups is 1. The van der Waals surface area contributed by atoms with Gasteiger partial charge in [-0.15, -0.1) is 0 Å². The van der Waals surface area contributed by atoms with Crippen LogP contribution in [0.15, 0.2) is 23.4 Å². The molecule has 0 heterocycles. The van der Waals surface area contributed by atoms with Crippen LogP contribution in [0.2, 0.25) is 0 Å². The van der Waals surface area contributed by atoms with Crippen molar-refractivity contribution in [1.29, 1.82) is 0 Å². The molecule has 64 valence electrons. The van der Waals surface area contributed by atoms with Crippen LogP contribution in [0.4, 0.5) is 0 Å². The number of phenols is 1. The van der Waals surface area contributed by atoms with Gasteiger partial charge in [0.2, 0.25) is 0 Å². The van der Waals surface area contributed by atoms with Gasteiger partial charge in [0.1, 0.15) is 5.75 Å². The maximum absolute atomic E-state index is 9.40. The molecule has 2 N–H and O–H groups in total. The minimum atomic E-state index is 0.144. The highest BCUT2D eigenvalue weighted by atomic mass is 16.4. The molecule has 0 bridgehead atoms. The zero-order chi connectivity index (χ0) is 9.14. The van der Waals surface area contributed by atoms with Gasteiger partial charge in [0.15, 0.2) is 0 Å². The number of aryl methyl sites for hydroxylation is 1. The van der Waals surface area contributed by atoms with E-state index in [0.717, 1.165) is 5.56 Å². The van der Waals surface area contributed by atoms with E-state index in [1.54, 1.807) is 19.1 Å². The first kappa shape index (κ1) is 8.59. The smallest absolute Gasteiger partial charge is 0.125 e. The Morgan fingerprint density at radius 2 is 2.08 bits per heavy atom. The second-order valence-electron chi connectivity index (χ2n) is 2.71. The molecule has 0 saturated carbocycles. The van der Waals surface area contributed by atoms with Crippen molar-refractivity contribution in [2.24, 2.45) is 5.16 Å². The molecule has 0 amide bonds. The lowest BCUT2D eigenvalue weighted by atomic mass is 10.1. The van der Waals surface area contributed by atoms with E-state index in [-0.39, 0.29) is 5.75 Å². The maximum Gasteiger partial charge on any atom is 0.125 e. The largest absolute Gasteiger partial charge is 0.507 e. The summed E-state index contributed by atoms with van der Waals surface area (Å²) in [6.07, 6.45) is 0. The van der Waals surface area contributed by atoms with E-state index in [0.29, 0.717) is 11.3 Å². The van der Waals surface area contributed by atoms with Crippen molar-refractivity contribution in [2.45, 2.75) is 13.8 Å². The van der Waals surface area contributed by atoms with Crippen LogP contribution in [0, 0.1) is 6.92 Å². The molecule has 0 aliphatic rings. The number of benzene rings is 1. The van der Waals surface area contributed by atoms with Crippen LogP contribution in [0.25, 0.3) is 0 Å². The summed E-state index contributed by atoms with van der Waals surface area (Å²) in [6, 6.07) is 5.20. The lowest BCUT2D eigenvalue weighted by Crippen LogP contribution is -1.94. The van der Waals surface area contributed by atoms with Crippen LogP contribution in [0.3, 0.4) is 0 Å². The number of phenolic OH excluding ortho intramolecular Hbond substituents is 1. The lowest BCUT2D eigenvalue weighted by molar-refractivity contribution is 0.318. The summed E-state index contributed by atoms with van der Waals surface area (Å²) >= 11 is 0. The van der Waals surface area contributed by atoms with Gasteiger partial charge in [-0.2, -0.15) is 0 Å². The molecule has 0 aliphatic heterocycles. The molecule has 0 saturated heterocycles. The molecule has 0 fully saturated rings. The molecule has 1 aromatic carbocycles. The lowest BCUT2D eigenvalue weighted by Gasteiger charge is -2.02. The average Bonchev–Trinajstić information content (AvgIpc) is 2.03. The van der Waals surface area contributed by atoms with E-state index in [1.165, 1.54) is 0 Å². The van der Waals surface area contributed by atoms with E-state index < -0.39 is 0 Å². The predicted octanol–water partition coefficient (Wildman–Crippen LogP) is 1.90. The van der Waals surface area contributed by atoms with Gasteiger partial charge in [-0.3, -0.25) is 0 Å². The van der Waals surface area contributed by atoms with Crippen molar-refractivity contribution >= 4 is 5.71 Å². The fraction of sp³-hybridized carbons (Fsp3) is 0.222. The van der Waals surface area contributed by atoms with E-state index in [1.807, 2.05) is 13.0 Å². The van der Waals surface area contributed by atoms with Crippen LogP contribution in [0.5, 0.6) is 5.75 Å². The van der Waals surface area contributed by atoms with Crippen molar-refractivity contribution in [3.05, 3.63) is 29.3 Å². The normalized spacial score (nSPS) is 11.7. The van der Waals surface area contributed by atoms with Crippen LogP contribution in [-0.4, -0.2) is 16.0 Å². The highest BCUT2D eigenvalue weighted by Crippen LogP contribution is 2.18. The number of hydrogen-bond donors (Lipinski definition) is 2. The Labute approximate surface area is 71.0 Å². The Morgan fingerprint density at radius 3 is 2.58 bits per heavy atom. The van der Waals surface area contributed by atoms with Gasteiger partial charge in [-0.1, -0.05) is 11.2 Å². The minimum absolute atomic E-state index is 0.144. The van der Waals surface area contributed by atoms with Gasteiger partial charge in [0.25, 0.3) is 0 Å². The summed E-state index contributed by atoms with van der Waals surface area (Å²) in [5.74, 6) is 0.144. The summed E-state index contributed by atoms with van der Waals surface area (Å²) in [5.41, 5.74) is 1.94. The third-order valence-corrected chi connectivity index (χ3v) is 1.69. The second kappa shape index (κ2) is 3.26. The molecular weight excluding hydrogens is 154 g/mol. The number of nitrogens with zero attached hydrogens (tertiary/aromatic N) is 1. The molecule has 0 radical (unpaired) electrons. The molecule has 0 unspecified atom stereocenters. The Balaban J connectivity index is 3.18. The van der Waals surface area contributed by atoms with Crippen LogP contribution >= 0.6 is 0 Å². The zero-order valence-corrected chi connectivity index (χ0v) is 7.07. The Hall–Kier alpha value is -1.51. The topological polar surface area (TPSA) is 52.8 Å². The highest BCUT2D eigenvalue weighted by molar-refractivity contribution is 6.00. The van der Waals surface area contributed by atoms with E-state index >= 15 is 0 Å². The molecule has 0 aromatic heterocycles. The highest BCUT2D eigenvalue weighted by Gasteiger charge is 2.03. The SMILES string of the molecule is C/C(=N/O)c1ccc(C)cc1O. The summed E-state index contributed by atoms with van der Waals surface area (Å²) in [5, 5.41) is 20.9. The van der Waals surface area contributed by atoms with E-state index in [2.05, 4.69) is 5.16 Å². The van der Waals surface area contributed by atoms with Gasteiger partial charge >= 0.3 is 0 Å². The van der Waals surface area contributed by atoms with Crippen LogP contribution in [-0.2, 0) is 0 Å². The quantitative estimate of drug-likeness (QED) is 0.379. The summed E-state index contributed by atoms with van der Waals surface area (Å²) in [7, 11) is 0. The minimum Gasteiger partial charge on any atom is -0.507 e. The molecule has 0 aliphatic carbocycles. The predicted molar refractivity (Wildman–Crippen MR) is 46.8 cm³/mol. The summed E-state index contributed by atoms with van der Waals surface area (Å²) < 4.78 is 0. The van der Waals surface area contributed by atoms with Gasteiger partial charge in [-0.25, -0.2) is 0 Å². The average molecular weight is 165 g/mol. The number of hydrogen-bond acceptors (Lipinski definition) is 3. The summed E-state index contributed by atoms with van der Waals surface area (Å²) in [6.45, 7) is 3.51. The molecule has 1 aromatic rings. The standard InChI is InChI=1S/C9H11NO2/c1-6-3-4-8(7(2)10-12)9(11)5-6/h3-5,11-12H,1-2H3/b10-7-. The Bertz CT molecular complexity index is 318. The molecular formula is C9H11NO2. The van der Waals surface area contributed by atoms with E-state index in [4.69, 9.17) is 5.21 Å². The zero-order valence-electron chi connectivity index (χ0n) is 7.07. The molecule has 3 nitrogen and oxygen atoms in total. The molecule has 12 heavy (non-hydrogen) atoms.